The molecular weight excluding hydrogens is 416 g/mol. The minimum absolute atomic E-state index is 0.335. The number of nitrogens with one attached hydrogen (secondary N) is 2. The number of ether oxygens (including phenoxy) is 3. The Balaban J connectivity index is 2.51. The molecule has 0 saturated heterocycles. The summed E-state index contributed by atoms with van der Waals surface area (Å²) in [5.74, 6) is 0.970. The van der Waals surface area contributed by atoms with Gasteiger partial charge in [-0.05, 0) is 53.4 Å². The largest absolute Gasteiger partial charge is 0.490 e. The van der Waals surface area contributed by atoms with Crippen LogP contribution in [0, 0.1) is 5.92 Å². The SMILES string of the molecule is CCOc1cc(C2NC(=O)NC(C)=C2C(=O)OC)cc(Br)c1OCC(C)C. The van der Waals surface area contributed by atoms with E-state index in [2.05, 4.69) is 40.4 Å². The molecule has 0 bridgehead atoms. The van der Waals surface area contributed by atoms with Crippen LogP contribution >= 0.6 is 15.9 Å². The van der Waals surface area contributed by atoms with Gasteiger partial charge in [0.05, 0.1) is 36.4 Å². The standard InChI is InChI=1S/C19H25BrN2O5/c1-6-26-14-8-12(7-13(20)17(14)27-9-10(2)3)16-15(18(23)25-5)11(4)21-19(24)22-16/h7-8,10,16H,6,9H2,1-5H3,(H2,21,22,24). The van der Waals surface area contributed by atoms with Gasteiger partial charge in [-0.2, -0.15) is 0 Å². The number of benzene rings is 1. The highest BCUT2D eigenvalue weighted by Gasteiger charge is 2.33. The summed E-state index contributed by atoms with van der Waals surface area (Å²) in [6.45, 7) is 8.65. The molecule has 1 unspecified atom stereocenters. The van der Waals surface area contributed by atoms with Gasteiger partial charge >= 0.3 is 12.0 Å². The Kier molecular flexibility index (Phi) is 7.12. The van der Waals surface area contributed by atoms with Crippen molar-refractivity contribution in [1.82, 2.24) is 10.6 Å². The van der Waals surface area contributed by atoms with E-state index in [1.54, 1.807) is 13.0 Å². The van der Waals surface area contributed by atoms with Crippen LogP contribution in [0.5, 0.6) is 11.5 Å². The van der Waals surface area contributed by atoms with Crippen LogP contribution in [0.1, 0.15) is 39.3 Å². The summed E-state index contributed by atoms with van der Waals surface area (Å²) in [7, 11) is 1.31. The van der Waals surface area contributed by atoms with Crippen molar-refractivity contribution in [3.05, 3.63) is 33.4 Å². The van der Waals surface area contributed by atoms with Crippen LogP contribution in [0.2, 0.25) is 0 Å². The Hall–Kier alpha value is -2.22. The maximum absolute atomic E-state index is 12.3. The first kappa shape index (κ1) is 21.1. The lowest BCUT2D eigenvalue weighted by molar-refractivity contribution is -0.136. The number of hydrogen-bond acceptors (Lipinski definition) is 5. The molecule has 0 radical (unpaired) electrons. The zero-order chi connectivity index (χ0) is 20.1. The van der Waals surface area contributed by atoms with E-state index in [0.717, 1.165) is 0 Å². The van der Waals surface area contributed by atoms with Crippen molar-refractivity contribution in [2.24, 2.45) is 5.92 Å². The first-order valence-corrected chi connectivity index (χ1v) is 9.53. The lowest BCUT2D eigenvalue weighted by Gasteiger charge is -2.28. The van der Waals surface area contributed by atoms with E-state index in [1.165, 1.54) is 7.11 Å². The fourth-order valence-electron chi connectivity index (χ4n) is 2.73. The third kappa shape index (κ3) is 4.94. The zero-order valence-corrected chi connectivity index (χ0v) is 17.7. The minimum Gasteiger partial charge on any atom is -0.490 e. The van der Waals surface area contributed by atoms with E-state index in [1.807, 2.05) is 13.0 Å². The minimum atomic E-state index is -0.666. The van der Waals surface area contributed by atoms with Crippen molar-refractivity contribution in [1.29, 1.82) is 0 Å². The van der Waals surface area contributed by atoms with Gasteiger partial charge in [0.25, 0.3) is 0 Å². The van der Waals surface area contributed by atoms with E-state index >= 15 is 0 Å². The van der Waals surface area contributed by atoms with E-state index in [-0.39, 0.29) is 6.03 Å². The topological polar surface area (TPSA) is 85.9 Å². The van der Waals surface area contributed by atoms with E-state index in [4.69, 9.17) is 14.2 Å². The predicted molar refractivity (Wildman–Crippen MR) is 105 cm³/mol. The fourth-order valence-corrected chi connectivity index (χ4v) is 3.31. The normalized spacial score (nSPS) is 16.7. The number of hydrogen-bond donors (Lipinski definition) is 2. The molecule has 2 amide bonds. The van der Waals surface area contributed by atoms with Crippen molar-refractivity contribution in [2.75, 3.05) is 20.3 Å². The van der Waals surface area contributed by atoms with Gasteiger partial charge in [-0.3, -0.25) is 0 Å². The van der Waals surface area contributed by atoms with Crippen molar-refractivity contribution in [3.8, 4) is 11.5 Å². The van der Waals surface area contributed by atoms with Crippen LogP contribution in [-0.2, 0) is 9.53 Å². The van der Waals surface area contributed by atoms with Gasteiger partial charge in [0.15, 0.2) is 11.5 Å². The molecule has 1 aliphatic heterocycles. The smallest absolute Gasteiger partial charge is 0.337 e. The summed E-state index contributed by atoms with van der Waals surface area (Å²) in [5.41, 5.74) is 1.46. The molecule has 27 heavy (non-hydrogen) atoms. The number of methoxy groups -OCH3 is 1. The van der Waals surface area contributed by atoms with Crippen molar-refractivity contribution < 1.29 is 23.8 Å². The highest BCUT2D eigenvalue weighted by Crippen LogP contribution is 2.40. The van der Waals surface area contributed by atoms with E-state index in [0.29, 0.717) is 51.9 Å². The van der Waals surface area contributed by atoms with Gasteiger partial charge in [0.1, 0.15) is 0 Å². The molecule has 1 aromatic rings. The third-order valence-corrected chi connectivity index (χ3v) is 4.49. The second kappa shape index (κ2) is 9.12. The van der Waals surface area contributed by atoms with Gasteiger partial charge in [-0.15, -0.1) is 0 Å². The van der Waals surface area contributed by atoms with Gasteiger partial charge in [-0.25, -0.2) is 9.59 Å². The van der Waals surface area contributed by atoms with Crippen LogP contribution in [0.25, 0.3) is 0 Å². The van der Waals surface area contributed by atoms with Gasteiger partial charge in [0, 0.05) is 5.70 Å². The molecule has 0 saturated carbocycles. The highest BCUT2D eigenvalue weighted by atomic mass is 79.9. The first-order chi connectivity index (χ1) is 12.8. The second-order valence-corrected chi connectivity index (χ2v) is 7.38. The molecule has 0 spiro atoms. The van der Waals surface area contributed by atoms with Gasteiger partial charge < -0.3 is 24.8 Å². The van der Waals surface area contributed by atoms with Crippen LogP contribution in [-0.4, -0.2) is 32.3 Å². The molecule has 1 aromatic carbocycles. The van der Waals surface area contributed by atoms with Crippen molar-refractivity contribution in [2.45, 2.75) is 33.7 Å². The van der Waals surface area contributed by atoms with Crippen LogP contribution < -0.4 is 20.1 Å². The summed E-state index contributed by atoms with van der Waals surface area (Å²) in [4.78, 5) is 24.2. The third-order valence-electron chi connectivity index (χ3n) is 3.90. The molecule has 0 aliphatic carbocycles. The van der Waals surface area contributed by atoms with E-state index < -0.39 is 12.0 Å². The number of esters is 1. The lowest BCUT2D eigenvalue weighted by Crippen LogP contribution is -2.45. The molecule has 0 fully saturated rings. The Morgan fingerprint density at radius 3 is 2.59 bits per heavy atom. The quantitative estimate of drug-likeness (QED) is 0.631. The summed E-state index contributed by atoms with van der Waals surface area (Å²) in [6.07, 6.45) is 0. The summed E-state index contributed by atoms with van der Waals surface area (Å²) < 4.78 is 17.2. The highest BCUT2D eigenvalue weighted by molar-refractivity contribution is 9.10. The molecule has 8 heteroatoms. The Morgan fingerprint density at radius 2 is 2.00 bits per heavy atom. The van der Waals surface area contributed by atoms with Crippen molar-refractivity contribution in [3.63, 3.8) is 0 Å². The molecule has 7 nitrogen and oxygen atoms in total. The number of carbonyl (C=O) groups excluding carboxylic acids is 2. The van der Waals surface area contributed by atoms with Gasteiger partial charge in [0.2, 0.25) is 0 Å². The molecule has 148 valence electrons. The van der Waals surface area contributed by atoms with Crippen LogP contribution in [0.3, 0.4) is 0 Å². The summed E-state index contributed by atoms with van der Waals surface area (Å²) in [5, 5.41) is 5.37. The predicted octanol–water partition coefficient (Wildman–Crippen LogP) is 3.68. The van der Waals surface area contributed by atoms with Gasteiger partial charge in [-0.1, -0.05) is 13.8 Å². The molecule has 1 heterocycles. The van der Waals surface area contributed by atoms with E-state index in [9.17, 15) is 9.59 Å². The fraction of sp³-hybridized carbons (Fsp3) is 0.474. The number of allylic oxidation sites excluding steroid dienone is 1. The monoisotopic (exact) mass is 440 g/mol. The number of halogens is 1. The molecule has 1 atom stereocenters. The summed E-state index contributed by atoms with van der Waals surface area (Å²) in [6, 6.07) is 2.53. The number of carbonyl (C=O) groups is 2. The molecular formula is C19H25BrN2O5. The van der Waals surface area contributed by atoms with Crippen LogP contribution in [0.4, 0.5) is 4.79 Å². The maximum atomic E-state index is 12.3. The Labute approximate surface area is 167 Å². The molecule has 1 aliphatic rings. The lowest BCUT2D eigenvalue weighted by atomic mass is 9.95. The second-order valence-electron chi connectivity index (χ2n) is 6.53. The zero-order valence-electron chi connectivity index (χ0n) is 16.1. The Morgan fingerprint density at radius 1 is 1.30 bits per heavy atom. The number of amides is 2. The molecule has 2 N–H and O–H groups in total. The van der Waals surface area contributed by atoms with Crippen LogP contribution in [0.15, 0.2) is 27.9 Å². The molecule has 0 aromatic heterocycles. The van der Waals surface area contributed by atoms with Crippen molar-refractivity contribution >= 4 is 27.9 Å². The maximum Gasteiger partial charge on any atom is 0.337 e. The Bertz CT molecular complexity index is 761. The first-order valence-electron chi connectivity index (χ1n) is 8.74. The molecule has 2 rings (SSSR count). The average Bonchev–Trinajstić information content (AvgIpc) is 2.59. The summed E-state index contributed by atoms with van der Waals surface area (Å²) >= 11 is 3.52. The average molecular weight is 441 g/mol. The number of urea groups is 1. The number of rotatable bonds is 7.